The predicted octanol–water partition coefficient (Wildman–Crippen LogP) is 3.38. The molecule has 2 aromatic rings. The number of hydrogen-bond acceptors (Lipinski definition) is 4. The quantitative estimate of drug-likeness (QED) is 0.794. The molecule has 1 unspecified atom stereocenters. The van der Waals surface area contributed by atoms with Gasteiger partial charge in [-0.1, -0.05) is 30.3 Å². The van der Waals surface area contributed by atoms with Crippen LogP contribution in [0.15, 0.2) is 48.5 Å². The third kappa shape index (κ3) is 3.83. The maximum Gasteiger partial charge on any atom is 0.313 e. The van der Waals surface area contributed by atoms with E-state index < -0.39 is 0 Å². The number of esters is 1. The average Bonchev–Trinajstić information content (AvgIpc) is 2.60. The molecule has 1 heterocycles. The molecule has 4 nitrogen and oxygen atoms in total. The molecular formula is C19H20O4. The summed E-state index contributed by atoms with van der Waals surface area (Å²) < 4.78 is 16.6. The molecule has 0 radical (unpaired) electrons. The van der Waals surface area contributed by atoms with Gasteiger partial charge in [0.2, 0.25) is 0 Å². The summed E-state index contributed by atoms with van der Waals surface area (Å²) in [6, 6.07) is 15.4. The van der Waals surface area contributed by atoms with Gasteiger partial charge in [-0.15, -0.1) is 0 Å². The monoisotopic (exact) mass is 312 g/mol. The van der Waals surface area contributed by atoms with Gasteiger partial charge < -0.3 is 14.2 Å². The molecule has 1 aliphatic rings. The van der Waals surface area contributed by atoms with E-state index in [1.807, 2.05) is 55.5 Å². The van der Waals surface area contributed by atoms with E-state index >= 15 is 0 Å². The Hall–Kier alpha value is -2.49. The van der Waals surface area contributed by atoms with Crippen LogP contribution in [-0.4, -0.2) is 19.2 Å². The largest absolute Gasteiger partial charge is 0.494 e. The van der Waals surface area contributed by atoms with Crippen molar-refractivity contribution >= 4 is 5.97 Å². The van der Waals surface area contributed by atoms with Crippen molar-refractivity contribution in [3.63, 3.8) is 0 Å². The molecule has 3 rings (SSSR count). The van der Waals surface area contributed by atoms with Crippen molar-refractivity contribution < 1.29 is 19.0 Å². The fourth-order valence-electron chi connectivity index (χ4n) is 2.63. The Morgan fingerprint density at radius 3 is 2.83 bits per heavy atom. The Bertz CT molecular complexity index is 666. The number of carbonyl (C=O) groups excluding carboxylic acids is 1. The molecule has 0 fully saturated rings. The minimum Gasteiger partial charge on any atom is -0.494 e. The second-order valence-electron chi connectivity index (χ2n) is 5.51. The van der Waals surface area contributed by atoms with Crippen LogP contribution in [0.4, 0.5) is 0 Å². The van der Waals surface area contributed by atoms with Gasteiger partial charge in [0.1, 0.15) is 24.7 Å². The Balaban J connectivity index is 1.61. The van der Waals surface area contributed by atoms with E-state index in [-0.39, 0.29) is 11.9 Å². The summed E-state index contributed by atoms with van der Waals surface area (Å²) in [7, 11) is 0. The van der Waals surface area contributed by atoms with Crippen LogP contribution >= 0.6 is 0 Å². The van der Waals surface area contributed by atoms with Crippen LogP contribution in [-0.2, 0) is 22.6 Å². The van der Waals surface area contributed by atoms with Crippen molar-refractivity contribution in [1.29, 1.82) is 0 Å². The van der Waals surface area contributed by atoms with Crippen molar-refractivity contribution in [1.82, 2.24) is 0 Å². The zero-order valence-electron chi connectivity index (χ0n) is 13.2. The van der Waals surface area contributed by atoms with Gasteiger partial charge in [0.05, 0.1) is 12.5 Å². The number of benzene rings is 2. The van der Waals surface area contributed by atoms with E-state index in [1.54, 1.807) is 0 Å². The van der Waals surface area contributed by atoms with Gasteiger partial charge in [-0.05, 0) is 42.7 Å². The van der Waals surface area contributed by atoms with E-state index in [0.717, 1.165) is 22.6 Å². The van der Waals surface area contributed by atoms with E-state index in [0.29, 0.717) is 26.2 Å². The lowest BCUT2D eigenvalue weighted by Gasteiger charge is -2.24. The van der Waals surface area contributed by atoms with Crippen molar-refractivity contribution in [3.05, 3.63) is 59.7 Å². The highest BCUT2D eigenvalue weighted by molar-refractivity contribution is 5.73. The third-order valence-electron chi connectivity index (χ3n) is 3.81. The first-order valence-electron chi connectivity index (χ1n) is 7.85. The number of ether oxygens (including phenoxy) is 3. The summed E-state index contributed by atoms with van der Waals surface area (Å²) in [5, 5.41) is 0. The maximum absolute atomic E-state index is 12.3. The second kappa shape index (κ2) is 7.18. The second-order valence-corrected chi connectivity index (χ2v) is 5.51. The van der Waals surface area contributed by atoms with Crippen molar-refractivity contribution in [2.75, 3.05) is 13.2 Å². The van der Waals surface area contributed by atoms with Crippen molar-refractivity contribution in [3.8, 4) is 11.5 Å². The molecule has 23 heavy (non-hydrogen) atoms. The predicted molar refractivity (Wildman–Crippen MR) is 86.5 cm³/mol. The first-order valence-corrected chi connectivity index (χ1v) is 7.85. The van der Waals surface area contributed by atoms with E-state index in [1.165, 1.54) is 0 Å². The van der Waals surface area contributed by atoms with E-state index in [4.69, 9.17) is 14.2 Å². The van der Waals surface area contributed by atoms with Crippen molar-refractivity contribution in [2.45, 2.75) is 20.0 Å². The SMILES string of the molecule is CCOc1ccc2c(c1)CC(C(=O)OCc1ccccc1)CO2. The lowest BCUT2D eigenvalue weighted by molar-refractivity contribution is -0.151. The van der Waals surface area contributed by atoms with E-state index in [2.05, 4.69) is 0 Å². The van der Waals surface area contributed by atoms with Gasteiger partial charge >= 0.3 is 5.97 Å². The minimum absolute atomic E-state index is 0.221. The molecule has 120 valence electrons. The maximum atomic E-state index is 12.3. The zero-order valence-corrected chi connectivity index (χ0v) is 13.2. The molecule has 0 bridgehead atoms. The summed E-state index contributed by atoms with van der Waals surface area (Å²) in [4.78, 5) is 12.3. The highest BCUT2D eigenvalue weighted by atomic mass is 16.5. The lowest BCUT2D eigenvalue weighted by Crippen LogP contribution is -2.29. The Labute approximate surface area is 136 Å². The smallest absolute Gasteiger partial charge is 0.313 e. The Morgan fingerprint density at radius 1 is 1.22 bits per heavy atom. The molecule has 0 aromatic heterocycles. The molecule has 4 heteroatoms. The fraction of sp³-hybridized carbons (Fsp3) is 0.316. The summed E-state index contributed by atoms with van der Waals surface area (Å²) in [5.74, 6) is 1.12. The Kier molecular flexibility index (Phi) is 4.81. The van der Waals surface area contributed by atoms with Gasteiger partial charge in [0.15, 0.2) is 0 Å². The van der Waals surface area contributed by atoms with Crippen LogP contribution < -0.4 is 9.47 Å². The molecule has 1 aliphatic heterocycles. The standard InChI is InChI=1S/C19H20O4/c1-2-21-17-8-9-18-15(11-17)10-16(13-22-18)19(20)23-12-14-6-4-3-5-7-14/h3-9,11,16H,2,10,12-13H2,1H3. The Morgan fingerprint density at radius 2 is 2.04 bits per heavy atom. The molecule has 2 aromatic carbocycles. The van der Waals surface area contributed by atoms with Gasteiger partial charge in [-0.25, -0.2) is 0 Å². The number of rotatable bonds is 5. The summed E-state index contributed by atoms with van der Waals surface area (Å²) in [6.07, 6.45) is 0.615. The van der Waals surface area contributed by atoms with Gasteiger partial charge in [-0.3, -0.25) is 4.79 Å². The van der Waals surface area contributed by atoms with Crippen LogP contribution in [0.3, 0.4) is 0 Å². The van der Waals surface area contributed by atoms with Crippen LogP contribution in [0.1, 0.15) is 18.1 Å². The highest BCUT2D eigenvalue weighted by Gasteiger charge is 2.27. The number of carbonyl (C=O) groups is 1. The lowest BCUT2D eigenvalue weighted by atomic mass is 9.96. The highest BCUT2D eigenvalue weighted by Crippen LogP contribution is 2.31. The first kappa shape index (κ1) is 15.4. The molecule has 0 saturated carbocycles. The summed E-state index contributed by atoms with van der Waals surface area (Å²) in [5.41, 5.74) is 1.97. The summed E-state index contributed by atoms with van der Waals surface area (Å²) >= 11 is 0. The average molecular weight is 312 g/mol. The molecular weight excluding hydrogens is 292 g/mol. The summed E-state index contributed by atoms with van der Waals surface area (Å²) in [6.45, 7) is 3.21. The minimum atomic E-state index is -0.275. The number of fused-ring (bicyclic) bond motifs is 1. The van der Waals surface area contributed by atoms with E-state index in [9.17, 15) is 4.79 Å². The molecule has 0 spiro atoms. The topological polar surface area (TPSA) is 44.8 Å². The number of hydrogen-bond donors (Lipinski definition) is 0. The molecule has 0 saturated heterocycles. The van der Waals surface area contributed by atoms with Crippen LogP contribution in [0.5, 0.6) is 11.5 Å². The normalized spacial score (nSPS) is 16.1. The molecule has 1 atom stereocenters. The van der Waals surface area contributed by atoms with Crippen LogP contribution in [0, 0.1) is 5.92 Å². The van der Waals surface area contributed by atoms with Gasteiger partial charge in [-0.2, -0.15) is 0 Å². The third-order valence-corrected chi connectivity index (χ3v) is 3.81. The molecule has 0 amide bonds. The fourth-order valence-corrected chi connectivity index (χ4v) is 2.63. The first-order chi connectivity index (χ1) is 11.3. The van der Waals surface area contributed by atoms with Gasteiger partial charge in [0, 0.05) is 0 Å². The molecule has 0 N–H and O–H groups in total. The van der Waals surface area contributed by atoms with Crippen molar-refractivity contribution in [2.24, 2.45) is 5.92 Å². The van der Waals surface area contributed by atoms with Crippen LogP contribution in [0.25, 0.3) is 0 Å². The zero-order chi connectivity index (χ0) is 16.1. The molecule has 0 aliphatic carbocycles. The van der Waals surface area contributed by atoms with Crippen LogP contribution in [0.2, 0.25) is 0 Å². The van der Waals surface area contributed by atoms with Gasteiger partial charge in [0.25, 0.3) is 0 Å².